The molecule has 1 aliphatic heterocycles. The van der Waals surface area contributed by atoms with Crippen molar-refractivity contribution in [3.05, 3.63) is 11.8 Å². The Balaban J connectivity index is 3.05. The van der Waals surface area contributed by atoms with E-state index >= 15 is 0 Å². The van der Waals surface area contributed by atoms with Gasteiger partial charge in [0.2, 0.25) is 5.76 Å². The molecule has 0 bridgehead atoms. The summed E-state index contributed by atoms with van der Waals surface area (Å²) in [5, 5.41) is 2.67. The molecule has 10 nitrogen and oxygen atoms in total. The smallest absolute Gasteiger partial charge is 0.408 e. The minimum Gasteiger partial charge on any atom is -0.477 e. The second-order valence-electron chi connectivity index (χ2n) is 7.41. The molecular formula is C19H29NO9. The molecular weight excluding hydrogens is 386 g/mol. The van der Waals surface area contributed by atoms with Gasteiger partial charge in [-0.2, -0.15) is 0 Å². The molecule has 1 N–H and O–H groups in total. The van der Waals surface area contributed by atoms with E-state index in [4.69, 9.17) is 18.9 Å². The molecule has 164 valence electrons. The van der Waals surface area contributed by atoms with E-state index in [-0.39, 0.29) is 25.2 Å². The van der Waals surface area contributed by atoms with E-state index in [9.17, 15) is 19.2 Å². The van der Waals surface area contributed by atoms with Crippen LogP contribution in [-0.4, -0.2) is 61.6 Å². The second-order valence-corrected chi connectivity index (χ2v) is 7.41. The summed E-state index contributed by atoms with van der Waals surface area (Å²) in [7, 11) is 1.21. The number of esters is 3. The van der Waals surface area contributed by atoms with Crippen LogP contribution in [0.1, 0.15) is 47.5 Å². The maximum Gasteiger partial charge on any atom is 0.408 e. The highest BCUT2D eigenvalue weighted by Gasteiger charge is 2.39. The first-order chi connectivity index (χ1) is 13.4. The summed E-state index contributed by atoms with van der Waals surface area (Å²) in [5.74, 6) is -1.85. The first kappa shape index (κ1) is 24.3. The molecule has 0 saturated heterocycles. The highest BCUT2D eigenvalue weighted by molar-refractivity contribution is 5.86. The Morgan fingerprint density at radius 3 is 2.38 bits per heavy atom. The van der Waals surface area contributed by atoms with Crippen molar-refractivity contribution >= 4 is 24.0 Å². The minimum atomic E-state index is -0.930. The monoisotopic (exact) mass is 415 g/mol. The van der Waals surface area contributed by atoms with Crippen LogP contribution in [0.2, 0.25) is 0 Å². The van der Waals surface area contributed by atoms with Crippen LogP contribution in [0, 0.1) is 0 Å². The van der Waals surface area contributed by atoms with Gasteiger partial charge in [0, 0.05) is 20.3 Å². The minimum absolute atomic E-state index is 0.0381. The molecule has 0 aromatic heterocycles. The number of carbonyl (C=O) groups excluding carboxylic acids is 4. The number of hydrogen-bond acceptors (Lipinski definition) is 9. The van der Waals surface area contributed by atoms with E-state index in [1.54, 1.807) is 20.8 Å². The first-order valence-corrected chi connectivity index (χ1v) is 9.18. The fourth-order valence-corrected chi connectivity index (χ4v) is 2.63. The Labute approximate surface area is 169 Å². The van der Waals surface area contributed by atoms with Gasteiger partial charge in [-0.3, -0.25) is 9.59 Å². The standard InChI is InChI=1S/C19H29NO9/c1-11(21)26-10-9-14(27-12(2)22)16-13(20-18(24)29-19(3,4)5)7-8-15(28-16)17(23)25-6/h8,13-14,16H,7,9-10H2,1-6H3,(H,20,24). The summed E-state index contributed by atoms with van der Waals surface area (Å²) in [6.45, 7) is 7.59. The Morgan fingerprint density at radius 2 is 1.86 bits per heavy atom. The molecule has 0 aromatic carbocycles. The zero-order valence-corrected chi connectivity index (χ0v) is 17.6. The van der Waals surface area contributed by atoms with Gasteiger partial charge in [0.1, 0.15) is 11.7 Å². The Bertz CT molecular complexity index is 651. The Hall–Kier alpha value is -2.78. The molecule has 0 fully saturated rings. The van der Waals surface area contributed by atoms with Gasteiger partial charge in [-0.15, -0.1) is 0 Å². The van der Waals surface area contributed by atoms with Crippen LogP contribution < -0.4 is 5.32 Å². The van der Waals surface area contributed by atoms with Gasteiger partial charge in [0.15, 0.2) is 6.10 Å². The SMILES string of the molecule is COC(=O)C1=CCC(NC(=O)OC(C)(C)C)C(C(CCOC(C)=O)OC(C)=O)O1. The van der Waals surface area contributed by atoms with Crippen molar-refractivity contribution in [2.24, 2.45) is 0 Å². The number of amides is 1. The number of ether oxygens (including phenoxy) is 5. The average molecular weight is 415 g/mol. The van der Waals surface area contributed by atoms with E-state index in [1.807, 2.05) is 0 Å². The van der Waals surface area contributed by atoms with Crippen LogP contribution in [-0.2, 0) is 38.1 Å². The average Bonchev–Trinajstić information content (AvgIpc) is 2.58. The summed E-state index contributed by atoms with van der Waals surface area (Å²) < 4.78 is 25.9. The molecule has 0 aliphatic carbocycles. The van der Waals surface area contributed by atoms with Crippen molar-refractivity contribution in [2.45, 2.75) is 71.3 Å². The second kappa shape index (κ2) is 10.7. The number of methoxy groups -OCH3 is 1. The van der Waals surface area contributed by atoms with E-state index in [0.717, 1.165) is 0 Å². The van der Waals surface area contributed by atoms with Crippen molar-refractivity contribution in [3.63, 3.8) is 0 Å². The van der Waals surface area contributed by atoms with Crippen molar-refractivity contribution < 1.29 is 42.9 Å². The summed E-state index contributed by atoms with van der Waals surface area (Å²) in [6, 6.07) is -0.667. The molecule has 0 radical (unpaired) electrons. The lowest BCUT2D eigenvalue weighted by molar-refractivity contribution is -0.160. The Kier molecular flexibility index (Phi) is 8.93. The molecule has 3 unspecified atom stereocenters. The fraction of sp³-hybridized carbons (Fsp3) is 0.684. The molecule has 0 aromatic rings. The molecule has 0 spiro atoms. The molecule has 1 heterocycles. The highest BCUT2D eigenvalue weighted by Crippen LogP contribution is 2.25. The zero-order valence-electron chi connectivity index (χ0n) is 17.6. The van der Waals surface area contributed by atoms with Crippen LogP contribution in [0.5, 0.6) is 0 Å². The molecule has 0 saturated carbocycles. The van der Waals surface area contributed by atoms with Crippen molar-refractivity contribution in [1.82, 2.24) is 5.32 Å². The number of rotatable bonds is 7. The first-order valence-electron chi connectivity index (χ1n) is 9.18. The lowest BCUT2D eigenvalue weighted by Crippen LogP contribution is -2.53. The van der Waals surface area contributed by atoms with Crippen molar-refractivity contribution in [1.29, 1.82) is 0 Å². The van der Waals surface area contributed by atoms with Gasteiger partial charge in [-0.05, 0) is 33.3 Å². The largest absolute Gasteiger partial charge is 0.477 e. The normalized spacial score (nSPS) is 19.7. The fourth-order valence-electron chi connectivity index (χ4n) is 2.63. The van der Waals surface area contributed by atoms with Crippen molar-refractivity contribution in [2.75, 3.05) is 13.7 Å². The van der Waals surface area contributed by atoms with Crippen LogP contribution in [0.3, 0.4) is 0 Å². The quantitative estimate of drug-likeness (QED) is 0.487. The maximum atomic E-state index is 12.2. The van der Waals surface area contributed by atoms with Crippen LogP contribution in [0.25, 0.3) is 0 Å². The molecule has 3 atom stereocenters. The summed E-state index contributed by atoms with van der Waals surface area (Å²) in [4.78, 5) is 46.7. The molecule has 10 heteroatoms. The topological polar surface area (TPSA) is 126 Å². The Morgan fingerprint density at radius 1 is 1.21 bits per heavy atom. The summed E-state index contributed by atoms with van der Waals surface area (Å²) in [6.07, 6.45) is -0.736. The number of hydrogen-bond donors (Lipinski definition) is 1. The van der Waals surface area contributed by atoms with Crippen molar-refractivity contribution in [3.8, 4) is 0 Å². The van der Waals surface area contributed by atoms with Crippen LogP contribution in [0.15, 0.2) is 11.8 Å². The third-order valence-corrected chi connectivity index (χ3v) is 3.70. The number of alkyl carbamates (subject to hydrolysis) is 1. The van der Waals surface area contributed by atoms with E-state index in [2.05, 4.69) is 10.1 Å². The molecule has 1 aliphatic rings. The molecule has 29 heavy (non-hydrogen) atoms. The van der Waals surface area contributed by atoms with Gasteiger partial charge in [0.25, 0.3) is 0 Å². The summed E-state index contributed by atoms with van der Waals surface area (Å²) in [5.41, 5.74) is -0.716. The molecule has 1 amide bonds. The van der Waals surface area contributed by atoms with Crippen LogP contribution in [0.4, 0.5) is 4.79 Å². The van der Waals surface area contributed by atoms with Gasteiger partial charge >= 0.3 is 24.0 Å². The lowest BCUT2D eigenvalue weighted by Gasteiger charge is -2.36. The summed E-state index contributed by atoms with van der Waals surface area (Å²) >= 11 is 0. The molecule has 1 rings (SSSR count). The highest BCUT2D eigenvalue weighted by atomic mass is 16.6. The predicted molar refractivity (Wildman–Crippen MR) is 99.6 cm³/mol. The van der Waals surface area contributed by atoms with Crippen LogP contribution >= 0.6 is 0 Å². The van der Waals surface area contributed by atoms with E-state index < -0.39 is 47.9 Å². The number of carbonyl (C=O) groups is 4. The van der Waals surface area contributed by atoms with Gasteiger partial charge < -0.3 is 29.0 Å². The predicted octanol–water partition coefficient (Wildman–Crippen LogP) is 1.61. The van der Waals surface area contributed by atoms with E-state index in [1.165, 1.54) is 27.0 Å². The van der Waals surface area contributed by atoms with Gasteiger partial charge in [-0.25, -0.2) is 9.59 Å². The third-order valence-electron chi connectivity index (χ3n) is 3.70. The maximum absolute atomic E-state index is 12.2. The van der Waals surface area contributed by atoms with Gasteiger partial charge in [0.05, 0.1) is 19.8 Å². The number of nitrogens with one attached hydrogen (secondary N) is 1. The van der Waals surface area contributed by atoms with E-state index in [0.29, 0.717) is 0 Å². The lowest BCUT2D eigenvalue weighted by atomic mass is 9.97. The zero-order chi connectivity index (χ0) is 22.2. The van der Waals surface area contributed by atoms with Gasteiger partial charge in [-0.1, -0.05) is 0 Å². The third kappa shape index (κ3) is 8.84.